The van der Waals surface area contributed by atoms with Crippen molar-refractivity contribution in [2.75, 3.05) is 7.05 Å². The summed E-state index contributed by atoms with van der Waals surface area (Å²) in [6.45, 7) is 0. The van der Waals surface area contributed by atoms with Crippen LogP contribution in [0.4, 0.5) is 17.6 Å². The highest BCUT2D eigenvalue weighted by Gasteiger charge is 2.32. The first-order valence-electron chi connectivity index (χ1n) is 6.12. The van der Waals surface area contributed by atoms with Crippen LogP contribution in [-0.4, -0.2) is 7.05 Å². The van der Waals surface area contributed by atoms with Gasteiger partial charge in [-0.1, -0.05) is 23.7 Å². The van der Waals surface area contributed by atoms with E-state index >= 15 is 0 Å². The fourth-order valence-corrected chi connectivity index (χ4v) is 2.22. The van der Waals surface area contributed by atoms with E-state index in [1.54, 1.807) is 31.3 Å². The minimum Gasteiger partial charge on any atom is -0.309 e. The fourth-order valence-electron chi connectivity index (χ4n) is 2.10. The molecule has 1 nitrogen and oxygen atoms in total. The van der Waals surface area contributed by atoms with Crippen molar-refractivity contribution in [3.8, 4) is 0 Å². The topological polar surface area (TPSA) is 12.0 Å². The molecule has 2 aromatic rings. The zero-order chi connectivity index (χ0) is 15.6. The van der Waals surface area contributed by atoms with Gasteiger partial charge in [0.15, 0.2) is 0 Å². The Morgan fingerprint density at radius 3 is 2.19 bits per heavy atom. The molecule has 1 N–H and O–H groups in total. The van der Waals surface area contributed by atoms with Gasteiger partial charge in [0.05, 0.1) is 11.6 Å². The standard InChI is InChI=1S/C15H12ClF4N/c1-21-14(9-2-5-11(16)6-3-9)12-8-10(15(18,19)20)4-7-13(12)17/h2-8,14,21H,1H3. The third kappa shape index (κ3) is 3.54. The molecule has 0 aliphatic heterocycles. The van der Waals surface area contributed by atoms with Crippen LogP contribution in [0.3, 0.4) is 0 Å². The summed E-state index contributed by atoms with van der Waals surface area (Å²) < 4.78 is 52.2. The average Bonchev–Trinajstić information content (AvgIpc) is 2.42. The van der Waals surface area contributed by atoms with Crippen LogP contribution in [0, 0.1) is 5.82 Å². The number of rotatable bonds is 3. The molecule has 0 saturated heterocycles. The minimum atomic E-state index is -4.51. The Morgan fingerprint density at radius 2 is 1.67 bits per heavy atom. The SMILES string of the molecule is CNC(c1ccc(Cl)cc1)c1cc(C(F)(F)F)ccc1F. The number of nitrogens with one attached hydrogen (secondary N) is 1. The lowest BCUT2D eigenvalue weighted by atomic mass is 9.96. The molecule has 1 unspecified atom stereocenters. The maximum Gasteiger partial charge on any atom is 0.416 e. The van der Waals surface area contributed by atoms with E-state index in [2.05, 4.69) is 5.32 Å². The molecule has 0 aliphatic rings. The summed E-state index contributed by atoms with van der Waals surface area (Å²) in [6.07, 6.45) is -4.51. The van der Waals surface area contributed by atoms with E-state index in [-0.39, 0.29) is 5.56 Å². The molecule has 0 spiro atoms. The van der Waals surface area contributed by atoms with E-state index in [9.17, 15) is 17.6 Å². The van der Waals surface area contributed by atoms with Gasteiger partial charge in [-0.2, -0.15) is 13.2 Å². The molecule has 0 fully saturated rings. The van der Waals surface area contributed by atoms with Crippen molar-refractivity contribution in [1.29, 1.82) is 0 Å². The van der Waals surface area contributed by atoms with E-state index in [4.69, 9.17) is 11.6 Å². The molecule has 0 saturated carbocycles. The van der Waals surface area contributed by atoms with Gasteiger partial charge in [0.1, 0.15) is 5.82 Å². The van der Waals surface area contributed by atoms with E-state index in [0.29, 0.717) is 10.6 Å². The van der Waals surface area contributed by atoms with E-state index in [0.717, 1.165) is 18.2 Å². The average molecular weight is 318 g/mol. The molecular formula is C15H12ClF4N. The quantitative estimate of drug-likeness (QED) is 0.801. The van der Waals surface area contributed by atoms with Crippen LogP contribution in [0.25, 0.3) is 0 Å². The Balaban J connectivity index is 2.49. The maximum absolute atomic E-state index is 13.9. The van der Waals surface area contributed by atoms with Crippen molar-refractivity contribution in [2.24, 2.45) is 0 Å². The van der Waals surface area contributed by atoms with Crippen LogP contribution < -0.4 is 5.32 Å². The van der Waals surface area contributed by atoms with Gasteiger partial charge >= 0.3 is 6.18 Å². The predicted octanol–water partition coefficient (Wildman–Crippen LogP) is 4.81. The summed E-state index contributed by atoms with van der Waals surface area (Å²) in [4.78, 5) is 0. The van der Waals surface area contributed by atoms with Crippen molar-refractivity contribution in [3.05, 3.63) is 70.0 Å². The smallest absolute Gasteiger partial charge is 0.309 e. The van der Waals surface area contributed by atoms with Crippen LogP contribution in [0.15, 0.2) is 42.5 Å². The molecule has 0 radical (unpaired) electrons. The fraction of sp³-hybridized carbons (Fsp3) is 0.200. The summed E-state index contributed by atoms with van der Waals surface area (Å²) in [5.74, 6) is -0.697. The van der Waals surface area contributed by atoms with Crippen LogP contribution in [-0.2, 0) is 6.18 Å². The number of alkyl halides is 3. The van der Waals surface area contributed by atoms with Gasteiger partial charge in [-0.15, -0.1) is 0 Å². The molecule has 0 aromatic heterocycles. The highest BCUT2D eigenvalue weighted by atomic mass is 35.5. The number of halogens is 5. The third-order valence-electron chi connectivity index (χ3n) is 3.13. The van der Waals surface area contributed by atoms with Gasteiger partial charge in [0.25, 0.3) is 0 Å². The summed E-state index contributed by atoms with van der Waals surface area (Å²) >= 11 is 5.78. The Bertz CT molecular complexity index is 623. The second-order valence-electron chi connectivity index (χ2n) is 4.51. The Kier molecular flexibility index (Phi) is 4.54. The van der Waals surface area contributed by atoms with Gasteiger partial charge in [-0.05, 0) is 42.9 Å². The van der Waals surface area contributed by atoms with Crippen molar-refractivity contribution in [2.45, 2.75) is 12.2 Å². The molecule has 0 aliphatic carbocycles. The number of hydrogen-bond acceptors (Lipinski definition) is 1. The van der Waals surface area contributed by atoms with E-state index < -0.39 is 23.6 Å². The summed E-state index contributed by atoms with van der Waals surface area (Å²) in [7, 11) is 1.55. The molecule has 2 rings (SSSR count). The highest BCUT2D eigenvalue weighted by Crippen LogP contribution is 2.33. The molecule has 1 atom stereocenters. The second kappa shape index (κ2) is 6.03. The molecule has 0 amide bonds. The van der Waals surface area contributed by atoms with Crippen molar-refractivity contribution < 1.29 is 17.6 Å². The lowest BCUT2D eigenvalue weighted by Crippen LogP contribution is -2.20. The number of hydrogen-bond donors (Lipinski definition) is 1. The Hall–Kier alpha value is -1.59. The molecule has 112 valence electrons. The van der Waals surface area contributed by atoms with Crippen LogP contribution in [0.5, 0.6) is 0 Å². The molecular weight excluding hydrogens is 306 g/mol. The molecule has 2 aromatic carbocycles. The van der Waals surface area contributed by atoms with Gasteiger partial charge < -0.3 is 5.32 Å². The largest absolute Gasteiger partial charge is 0.416 e. The Labute approximate surface area is 124 Å². The summed E-state index contributed by atoms with van der Waals surface area (Å²) in [5, 5.41) is 3.32. The van der Waals surface area contributed by atoms with E-state index in [1.165, 1.54) is 0 Å². The molecule has 21 heavy (non-hydrogen) atoms. The van der Waals surface area contributed by atoms with Gasteiger partial charge in [-0.3, -0.25) is 0 Å². The van der Waals surface area contributed by atoms with Crippen LogP contribution >= 0.6 is 11.6 Å². The minimum absolute atomic E-state index is 0.0605. The van der Waals surface area contributed by atoms with E-state index in [1.807, 2.05) is 0 Å². The van der Waals surface area contributed by atoms with Crippen LogP contribution in [0.1, 0.15) is 22.7 Å². The predicted molar refractivity (Wildman–Crippen MR) is 73.8 cm³/mol. The van der Waals surface area contributed by atoms with Crippen molar-refractivity contribution >= 4 is 11.6 Å². The second-order valence-corrected chi connectivity index (χ2v) is 4.94. The molecule has 0 heterocycles. The monoisotopic (exact) mass is 317 g/mol. The number of benzene rings is 2. The van der Waals surface area contributed by atoms with Gasteiger partial charge in [0, 0.05) is 10.6 Å². The van der Waals surface area contributed by atoms with Crippen LogP contribution in [0.2, 0.25) is 5.02 Å². The highest BCUT2D eigenvalue weighted by molar-refractivity contribution is 6.30. The lowest BCUT2D eigenvalue weighted by molar-refractivity contribution is -0.137. The third-order valence-corrected chi connectivity index (χ3v) is 3.38. The first kappa shape index (κ1) is 15.8. The normalized spacial score (nSPS) is 13.2. The zero-order valence-corrected chi connectivity index (χ0v) is 11.8. The van der Waals surface area contributed by atoms with Gasteiger partial charge in [0.2, 0.25) is 0 Å². The van der Waals surface area contributed by atoms with Crippen molar-refractivity contribution in [3.63, 3.8) is 0 Å². The maximum atomic E-state index is 13.9. The molecule has 6 heteroatoms. The summed E-state index contributed by atoms with van der Waals surface area (Å²) in [6, 6.07) is 8.19. The molecule has 0 bridgehead atoms. The van der Waals surface area contributed by atoms with Crippen molar-refractivity contribution in [1.82, 2.24) is 5.32 Å². The Morgan fingerprint density at radius 1 is 1.05 bits per heavy atom. The first-order chi connectivity index (χ1) is 9.82. The summed E-state index contributed by atoms with van der Waals surface area (Å²) in [5.41, 5.74) is -0.317. The zero-order valence-electron chi connectivity index (χ0n) is 11.0. The lowest BCUT2D eigenvalue weighted by Gasteiger charge is -2.19. The van der Waals surface area contributed by atoms with Gasteiger partial charge in [-0.25, -0.2) is 4.39 Å². The first-order valence-corrected chi connectivity index (χ1v) is 6.50.